The lowest BCUT2D eigenvalue weighted by atomic mass is 9.92. The number of β-amino-alcohol motifs (C(OH)–C–C–N with tert-alkyl or cyclic N) is 1. The van der Waals surface area contributed by atoms with Gasteiger partial charge in [-0.2, -0.15) is 4.31 Å². The van der Waals surface area contributed by atoms with Gasteiger partial charge in [-0.05, 0) is 24.6 Å². The molecule has 0 saturated carbocycles. The third-order valence-corrected chi connectivity index (χ3v) is 5.28. The summed E-state index contributed by atoms with van der Waals surface area (Å²) in [6, 6.07) is 2.50. The second kappa shape index (κ2) is 5.36. The minimum atomic E-state index is -4.14. The van der Waals surface area contributed by atoms with Crippen LogP contribution in [0.3, 0.4) is 0 Å². The Hall–Kier alpha value is -1.51. The predicted octanol–water partition coefficient (Wildman–Crippen LogP) is 1.06. The molecule has 2 N–H and O–H groups in total. The van der Waals surface area contributed by atoms with Gasteiger partial charge in [0.1, 0.15) is 5.82 Å². The Bertz CT molecular complexity index is 667. The molecule has 0 radical (unpaired) electrons. The largest absolute Gasteiger partial charge is 0.478 e. The number of halogens is 1. The van der Waals surface area contributed by atoms with Crippen molar-refractivity contribution in [2.45, 2.75) is 30.3 Å². The van der Waals surface area contributed by atoms with Crippen LogP contribution in [0, 0.1) is 5.82 Å². The van der Waals surface area contributed by atoms with Crippen LogP contribution in [0.25, 0.3) is 0 Å². The van der Waals surface area contributed by atoms with E-state index in [0.717, 1.165) is 16.4 Å². The van der Waals surface area contributed by atoms with E-state index in [4.69, 9.17) is 5.11 Å². The van der Waals surface area contributed by atoms with Gasteiger partial charge < -0.3 is 10.2 Å². The SMILES string of the molecule is CCCC1(O)CN(S(=O)(=O)c2cc(F)ccc2C(=O)O)C1. The van der Waals surface area contributed by atoms with Crippen LogP contribution < -0.4 is 0 Å². The fourth-order valence-electron chi connectivity index (χ4n) is 2.43. The first-order valence-electron chi connectivity index (χ1n) is 6.45. The van der Waals surface area contributed by atoms with Gasteiger partial charge in [0.15, 0.2) is 0 Å². The number of benzene rings is 1. The average Bonchev–Trinajstić information content (AvgIpc) is 2.35. The van der Waals surface area contributed by atoms with Crippen molar-refractivity contribution in [2.75, 3.05) is 13.1 Å². The molecule has 0 spiro atoms. The molecular formula is C13H16FNO5S. The number of hydrogen-bond acceptors (Lipinski definition) is 4. The molecule has 0 bridgehead atoms. The second-order valence-corrected chi connectivity index (χ2v) is 7.10. The third kappa shape index (κ3) is 2.92. The quantitative estimate of drug-likeness (QED) is 0.847. The van der Waals surface area contributed by atoms with Crippen LogP contribution in [0.1, 0.15) is 30.1 Å². The Kier molecular flexibility index (Phi) is 4.05. The fraction of sp³-hybridized carbons (Fsp3) is 0.462. The molecule has 1 fully saturated rings. The average molecular weight is 317 g/mol. The van der Waals surface area contributed by atoms with Crippen molar-refractivity contribution in [3.8, 4) is 0 Å². The molecule has 6 nitrogen and oxygen atoms in total. The molecule has 1 aliphatic heterocycles. The topological polar surface area (TPSA) is 94.9 Å². The summed E-state index contributed by atoms with van der Waals surface area (Å²) in [5.41, 5.74) is -1.57. The number of carboxylic acids is 1. The maximum atomic E-state index is 13.3. The predicted molar refractivity (Wildman–Crippen MR) is 72.0 cm³/mol. The van der Waals surface area contributed by atoms with Gasteiger partial charge in [-0.3, -0.25) is 0 Å². The van der Waals surface area contributed by atoms with Crippen LogP contribution in [0.5, 0.6) is 0 Å². The first-order chi connectivity index (χ1) is 9.69. The summed E-state index contributed by atoms with van der Waals surface area (Å²) in [6.45, 7) is 1.64. The van der Waals surface area contributed by atoms with E-state index in [1.807, 2.05) is 6.92 Å². The van der Waals surface area contributed by atoms with Crippen LogP contribution in [-0.2, 0) is 10.0 Å². The van der Waals surface area contributed by atoms with E-state index in [-0.39, 0.29) is 13.1 Å². The van der Waals surface area contributed by atoms with Gasteiger partial charge in [-0.1, -0.05) is 13.3 Å². The van der Waals surface area contributed by atoms with Crippen LogP contribution in [0.2, 0.25) is 0 Å². The van der Waals surface area contributed by atoms with Gasteiger partial charge in [0, 0.05) is 13.1 Å². The molecule has 116 valence electrons. The van der Waals surface area contributed by atoms with E-state index in [1.54, 1.807) is 0 Å². The first-order valence-corrected chi connectivity index (χ1v) is 7.89. The minimum Gasteiger partial charge on any atom is -0.478 e. The summed E-state index contributed by atoms with van der Waals surface area (Å²) in [5, 5.41) is 19.1. The Labute approximate surface area is 121 Å². The Morgan fingerprint density at radius 2 is 2.05 bits per heavy atom. The van der Waals surface area contributed by atoms with E-state index >= 15 is 0 Å². The van der Waals surface area contributed by atoms with Crippen molar-refractivity contribution in [1.82, 2.24) is 4.31 Å². The molecule has 8 heteroatoms. The second-order valence-electron chi connectivity index (χ2n) is 5.19. The van der Waals surface area contributed by atoms with Crippen LogP contribution in [0.15, 0.2) is 23.1 Å². The standard InChI is InChI=1S/C13H16FNO5S/c1-2-5-13(18)7-15(8-13)21(19,20)11-6-9(14)3-4-10(11)12(16)17/h3-4,6,18H,2,5,7-8H2,1H3,(H,16,17). The van der Waals surface area contributed by atoms with Gasteiger partial charge in [-0.15, -0.1) is 0 Å². The number of aliphatic hydroxyl groups is 1. The van der Waals surface area contributed by atoms with Crippen molar-refractivity contribution in [2.24, 2.45) is 0 Å². The molecule has 1 aromatic rings. The molecule has 0 atom stereocenters. The van der Waals surface area contributed by atoms with Gasteiger partial charge in [0.25, 0.3) is 0 Å². The Morgan fingerprint density at radius 1 is 1.43 bits per heavy atom. The molecule has 21 heavy (non-hydrogen) atoms. The van der Waals surface area contributed by atoms with Crippen molar-refractivity contribution in [1.29, 1.82) is 0 Å². The zero-order chi connectivity index (χ0) is 15.8. The number of rotatable bonds is 5. The van der Waals surface area contributed by atoms with Crippen molar-refractivity contribution >= 4 is 16.0 Å². The highest BCUT2D eigenvalue weighted by molar-refractivity contribution is 7.89. The maximum Gasteiger partial charge on any atom is 0.337 e. The number of hydrogen-bond donors (Lipinski definition) is 2. The summed E-state index contributed by atoms with van der Waals surface area (Å²) < 4.78 is 39.0. The fourth-order valence-corrected chi connectivity index (χ4v) is 4.22. The zero-order valence-electron chi connectivity index (χ0n) is 11.4. The van der Waals surface area contributed by atoms with Gasteiger partial charge in [0.05, 0.1) is 16.1 Å². The lowest BCUT2D eigenvalue weighted by molar-refractivity contribution is -0.0653. The number of carbonyl (C=O) groups is 1. The van der Waals surface area contributed by atoms with E-state index in [9.17, 15) is 22.7 Å². The highest BCUT2D eigenvalue weighted by Gasteiger charge is 2.47. The molecule has 0 aromatic heterocycles. The molecule has 0 amide bonds. The zero-order valence-corrected chi connectivity index (χ0v) is 12.2. The monoisotopic (exact) mass is 317 g/mol. The maximum absolute atomic E-state index is 13.3. The van der Waals surface area contributed by atoms with Gasteiger partial charge >= 0.3 is 5.97 Å². The Balaban J connectivity index is 2.34. The van der Waals surface area contributed by atoms with Crippen LogP contribution in [-0.4, -0.2) is 47.6 Å². The van der Waals surface area contributed by atoms with E-state index in [1.165, 1.54) is 0 Å². The van der Waals surface area contributed by atoms with E-state index < -0.39 is 37.9 Å². The van der Waals surface area contributed by atoms with Gasteiger partial charge in [-0.25, -0.2) is 17.6 Å². The summed E-state index contributed by atoms with van der Waals surface area (Å²) in [6.07, 6.45) is 1.15. The van der Waals surface area contributed by atoms with E-state index in [2.05, 4.69) is 0 Å². The van der Waals surface area contributed by atoms with E-state index in [0.29, 0.717) is 18.9 Å². The number of aromatic carboxylic acids is 1. The van der Waals surface area contributed by atoms with Crippen LogP contribution >= 0.6 is 0 Å². The normalized spacial score (nSPS) is 18.2. The number of sulfonamides is 1. The lowest BCUT2D eigenvalue weighted by Gasteiger charge is -2.45. The van der Waals surface area contributed by atoms with Gasteiger partial charge in [0.2, 0.25) is 10.0 Å². The highest BCUT2D eigenvalue weighted by atomic mass is 32.2. The Morgan fingerprint density at radius 3 is 2.57 bits per heavy atom. The van der Waals surface area contributed by atoms with Crippen molar-refractivity contribution in [3.05, 3.63) is 29.6 Å². The smallest absolute Gasteiger partial charge is 0.337 e. The summed E-state index contributed by atoms with van der Waals surface area (Å²) in [4.78, 5) is 10.5. The van der Waals surface area contributed by atoms with Crippen molar-refractivity contribution in [3.63, 3.8) is 0 Å². The summed E-state index contributed by atoms with van der Waals surface area (Å²) in [7, 11) is -4.14. The first kappa shape index (κ1) is 15.9. The molecule has 1 aromatic carbocycles. The van der Waals surface area contributed by atoms with Crippen LogP contribution in [0.4, 0.5) is 4.39 Å². The molecule has 1 heterocycles. The summed E-state index contributed by atoms with van der Waals surface area (Å²) in [5.74, 6) is -2.28. The number of nitrogens with zero attached hydrogens (tertiary/aromatic N) is 1. The molecule has 0 unspecified atom stereocenters. The molecule has 2 rings (SSSR count). The lowest BCUT2D eigenvalue weighted by Crippen LogP contribution is -2.63. The third-order valence-electron chi connectivity index (χ3n) is 3.45. The van der Waals surface area contributed by atoms with Crippen molar-refractivity contribution < 1.29 is 27.8 Å². The molecule has 0 aliphatic carbocycles. The molecule has 1 aliphatic rings. The minimum absolute atomic E-state index is 0.112. The number of carboxylic acid groups (broad SMARTS) is 1. The highest BCUT2D eigenvalue weighted by Crippen LogP contribution is 2.32. The molecule has 1 saturated heterocycles. The summed E-state index contributed by atoms with van der Waals surface area (Å²) >= 11 is 0. The molecular weight excluding hydrogens is 301 g/mol.